The summed E-state index contributed by atoms with van der Waals surface area (Å²) < 4.78 is 0. The van der Waals surface area contributed by atoms with E-state index in [4.69, 9.17) is 0 Å². The van der Waals surface area contributed by atoms with Gasteiger partial charge in [0.05, 0.1) is 0 Å². The Morgan fingerprint density at radius 2 is 1.63 bits per heavy atom. The molecule has 0 radical (unpaired) electrons. The molecular weight excluding hydrogens is 228 g/mol. The van der Waals surface area contributed by atoms with E-state index in [-0.39, 0.29) is 5.41 Å². The molecule has 3 rings (SSSR count). The zero-order valence-corrected chi connectivity index (χ0v) is 11.9. The van der Waals surface area contributed by atoms with Crippen molar-refractivity contribution in [3.8, 4) is 0 Å². The summed E-state index contributed by atoms with van der Waals surface area (Å²) in [5, 5.41) is 0. The summed E-state index contributed by atoms with van der Waals surface area (Å²) in [7, 11) is 0. The van der Waals surface area contributed by atoms with Gasteiger partial charge < -0.3 is 0 Å². The third-order valence-electron chi connectivity index (χ3n) is 3.91. The third kappa shape index (κ3) is 2.23. The van der Waals surface area contributed by atoms with Gasteiger partial charge in [0, 0.05) is 5.92 Å². The molecule has 2 aromatic rings. The fourth-order valence-electron chi connectivity index (χ4n) is 2.72. The number of hydrogen-bond donors (Lipinski definition) is 0. The second kappa shape index (κ2) is 4.38. The van der Waals surface area contributed by atoms with Crippen molar-refractivity contribution in [3.63, 3.8) is 0 Å². The highest BCUT2D eigenvalue weighted by molar-refractivity contribution is 5.66. The van der Waals surface area contributed by atoms with Crippen LogP contribution in [0.15, 0.2) is 54.6 Å². The Balaban J connectivity index is 2.06. The Morgan fingerprint density at radius 3 is 2.32 bits per heavy atom. The molecule has 0 amide bonds. The lowest BCUT2D eigenvalue weighted by molar-refractivity contribution is 0.589. The fourth-order valence-corrected chi connectivity index (χ4v) is 2.72. The van der Waals surface area contributed by atoms with Gasteiger partial charge in [0.2, 0.25) is 0 Å². The van der Waals surface area contributed by atoms with Gasteiger partial charge in [-0.2, -0.15) is 0 Å². The molecule has 0 saturated heterocycles. The van der Waals surface area contributed by atoms with Gasteiger partial charge in [-0.1, -0.05) is 81.5 Å². The highest BCUT2D eigenvalue weighted by Gasteiger charge is 2.22. The molecule has 1 atom stereocenters. The average molecular weight is 248 g/mol. The van der Waals surface area contributed by atoms with Gasteiger partial charge in [0.1, 0.15) is 0 Å². The van der Waals surface area contributed by atoms with Gasteiger partial charge in [0.15, 0.2) is 0 Å². The molecule has 0 N–H and O–H groups in total. The summed E-state index contributed by atoms with van der Waals surface area (Å²) in [6, 6.07) is 17.7. The molecule has 0 fully saturated rings. The third-order valence-corrected chi connectivity index (χ3v) is 3.91. The van der Waals surface area contributed by atoms with Crippen LogP contribution in [0.1, 0.15) is 48.9 Å². The minimum absolute atomic E-state index is 0.207. The van der Waals surface area contributed by atoms with E-state index in [1.54, 1.807) is 0 Å². The van der Waals surface area contributed by atoms with Crippen LogP contribution in [-0.2, 0) is 5.41 Å². The second-order valence-electron chi connectivity index (χ2n) is 6.34. The van der Waals surface area contributed by atoms with Gasteiger partial charge >= 0.3 is 0 Å². The van der Waals surface area contributed by atoms with Crippen molar-refractivity contribution in [1.82, 2.24) is 0 Å². The zero-order valence-electron chi connectivity index (χ0n) is 11.9. The van der Waals surface area contributed by atoms with Gasteiger partial charge in [-0.3, -0.25) is 0 Å². The Morgan fingerprint density at radius 1 is 0.895 bits per heavy atom. The Bertz CT molecular complexity index is 612. The first-order chi connectivity index (χ1) is 9.05. The van der Waals surface area contributed by atoms with E-state index in [1.807, 2.05) is 0 Å². The molecule has 0 nitrogen and oxygen atoms in total. The summed E-state index contributed by atoms with van der Waals surface area (Å²) in [4.78, 5) is 0. The van der Waals surface area contributed by atoms with Crippen molar-refractivity contribution in [2.24, 2.45) is 0 Å². The van der Waals surface area contributed by atoms with Crippen molar-refractivity contribution < 1.29 is 0 Å². The Kier molecular flexibility index (Phi) is 2.82. The van der Waals surface area contributed by atoms with E-state index in [2.05, 4.69) is 81.5 Å². The minimum Gasteiger partial charge on any atom is -0.0720 e. The van der Waals surface area contributed by atoms with Crippen molar-refractivity contribution in [2.75, 3.05) is 0 Å². The molecule has 0 saturated carbocycles. The van der Waals surface area contributed by atoms with Gasteiger partial charge in [0.25, 0.3) is 0 Å². The highest BCUT2D eigenvalue weighted by Crippen LogP contribution is 2.37. The quantitative estimate of drug-likeness (QED) is 0.655. The van der Waals surface area contributed by atoms with Crippen molar-refractivity contribution in [1.29, 1.82) is 0 Å². The molecule has 96 valence electrons. The average Bonchev–Trinajstić information content (AvgIpc) is 2.81. The van der Waals surface area contributed by atoms with Crippen LogP contribution in [0, 0.1) is 0 Å². The zero-order chi connectivity index (χ0) is 13.5. The normalized spacial score (nSPS) is 17.5. The molecule has 1 aliphatic rings. The molecule has 0 aromatic heterocycles. The maximum absolute atomic E-state index is 2.38. The first-order valence-electron chi connectivity index (χ1n) is 6.93. The minimum atomic E-state index is 0.207. The molecule has 2 aromatic carbocycles. The van der Waals surface area contributed by atoms with Gasteiger partial charge in [-0.05, 0) is 27.7 Å². The van der Waals surface area contributed by atoms with Crippen LogP contribution in [0.3, 0.4) is 0 Å². The first-order valence-corrected chi connectivity index (χ1v) is 6.93. The fraction of sp³-hybridized carbons (Fsp3) is 0.263. The standard InChI is InChI=1S/C19H20/c1-19(2,3)16-11-9-15-10-12-17(18(15)13-16)14-7-5-4-6-8-14/h4-13,17H,1-3H3. The summed E-state index contributed by atoms with van der Waals surface area (Å²) in [5.74, 6) is 0.415. The summed E-state index contributed by atoms with van der Waals surface area (Å²) in [5.41, 5.74) is 5.80. The summed E-state index contributed by atoms with van der Waals surface area (Å²) in [6.07, 6.45) is 4.56. The lowest BCUT2D eigenvalue weighted by atomic mass is 9.83. The molecule has 19 heavy (non-hydrogen) atoms. The maximum Gasteiger partial charge on any atom is 0.0278 e. The largest absolute Gasteiger partial charge is 0.0720 e. The molecule has 1 unspecified atom stereocenters. The summed E-state index contributed by atoms with van der Waals surface area (Å²) >= 11 is 0. The topological polar surface area (TPSA) is 0 Å². The van der Waals surface area contributed by atoms with Crippen molar-refractivity contribution in [2.45, 2.75) is 32.1 Å². The van der Waals surface area contributed by atoms with E-state index < -0.39 is 0 Å². The maximum atomic E-state index is 2.38. The SMILES string of the molecule is CC(C)(C)c1ccc2c(c1)C(c1ccccc1)C=C2. The van der Waals surface area contributed by atoms with Crippen LogP contribution < -0.4 is 0 Å². The number of benzene rings is 2. The monoisotopic (exact) mass is 248 g/mol. The molecule has 0 aliphatic heterocycles. The number of allylic oxidation sites excluding steroid dienone is 1. The lowest BCUT2D eigenvalue weighted by Crippen LogP contribution is -2.12. The van der Waals surface area contributed by atoms with Crippen LogP contribution >= 0.6 is 0 Å². The predicted octanol–water partition coefficient (Wildman–Crippen LogP) is 5.14. The van der Waals surface area contributed by atoms with E-state index >= 15 is 0 Å². The van der Waals surface area contributed by atoms with Crippen LogP contribution in [0.2, 0.25) is 0 Å². The Labute approximate surface area is 115 Å². The Hall–Kier alpha value is -1.82. The molecule has 0 heterocycles. The van der Waals surface area contributed by atoms with Crippen LogP contribution in [-0.4, -0.2) is 0 Å². The highest BCUT2D eigenvalue weighted by atomic mass is 14.3. The van der Waals surface area contributed by atoms with Crippen molar-refractivity contribution >= 4 is 6.08 Å². The smallest absolute Gasteiger partial charge is 0.0278 e. The molecular formula is C19H20. The lowest BCUT2D eigenvalue weighted by Gasteiger charge is -2.21. The van der Waals surface area contributed by atoms with Crippen LogP contribution in [0.25, 0.3) is 6.08 Å². The predicted molar refractivity (Wildman–Crippen MR) is 82.5 cm³/mol. The van der Waals surface area contributed by atoms with E-state index in [9.17, 15) is 0 Å². The van der Waals surface area contributed by atoms with Gasteiger partial charge in [-0.15, -0.1) is 0 Å². The van der Waals surface area contributed by atoms with E-state index in [0.29, 0.717) is 5.92 Å². The molecule has 0 heteroatoms. The number of rotatable bonds is 1. The van der Waals surface area contributed by atoms with Crippen molar-refractivity contribution in [3.05, 3.63) is 76.9 Å². The number of hydrogen-bond acceptors (Lipinski definition) is 0. The van der Waals surface area contributed by atoms with Crippen LogP contribution in [0.4, 0.5) is 0 Å². The molecule has 0 spiro atoms. The first kappa shape index (κ1) is 12.2. The molecule has 1 aliphatic carbocycles. The molecule has 0 bridgehead atoms. The van der Waals surface area contributed by atoms with Crippen LogP contribution in [0.5, 0.6) is 0 Å². The number of fused-ring (bicyclic) bond motifs is 1. The van der Waals surface area contributed by atoms with Gasteiger partial charge in [-0.25, -0.2) is 0 Å². The second-order valence-corrected chi connectivity index (χ2v) is 6.34. The van der Waals surface area contributed by atoms with E-state index in [1.165, 1.54) is 22.3 Å². The summed E-state index contributed by atoms with van der Waals surface area (Å²) in [6.45, 7) is 6.82. The van der Waals surface area contributed by atoms with E-state index in [0.717, 1.165) is 0 Å².